The molecule has 0 spiro atoms. The molecule has 0 aliphatic heterocycles. The molecular formula is C13H20N2O4S. The number of ether oxygens (including phenoxy) is 1. The summed E-state index contributed by atoms with van der Waals surface area (Å²) < 4.78 is 30.6. The van der Waals surface area contributed by atoms with E-state index in [4.69, 9.17) is 4.74 Å². The topological polar surface area (TPSA) is 84.5 Å². The molecular weight excluding hydrogens is 280 g/mol. The van der Waals surface area contributed by atoms with Crippen molar-refractivity contribution in [3.63, 3.8) is 0 Å². The highest BCUT2D eigenvalue weighted by atomic mass is 32.2. The number of amides is 1. The van der Waals surface area contributed by atoms with Crippen LogP contribution in [0.3, 0.4) is 0 Å². The van der Waals surface area contributed by atoms with Crippen molar-refractivity contribution < 1.29 is 17.9 Å². The zero-order chi connectivity index (χ0) is 15.0. The van der Waals surface area contributed by atoms with Crippen molar-refractivity contribution in [1.82, 2.24) is 10.0 Å². The molecule has 0 aromatic heterocycles. The Balaban J connectivity index is 2.53. The summed E-state index contributed by atoms with van der Waals surface area (Å²) >= 11 is 0. The number of benzene rings is 1. The molecule has 0 unspecified atom stereocenters. The SMILES string of the molecule is CCNS(=O)(=O)c1ccc(CCNC(=O)OCC)cc1. The van der Waals surface area contributed by atoms with Crippen molar-refractivity contribution in [2.45, 2.75) is 25.2 Å². The van der Waals surface area contributed by atoms with Crippen LogP contribution in [0, 0.1) is 0 Å². The predicted octanol–water partition coefficient (Wildman–Crippen LogP) is 1.27. The van der Waals surface area contributed by atoms with E-state index < -0.39 is 16.1 Å². The maximum Gasteiger partial charge on any atom is 0.407 e. The maximum atomic E-state index is 11.7. The van der Waals surface area contributed by atoms with Crippen molar-refractivity contribution in [2.75, 3.05) is 19.7 Å². The highest BCUT2D eigenvalue weighted by Gasteiger charge is 2.11. The van der Waals surface area contributed by atoms with E-state index in [0.29, 0.717) is 26.1 Å². The molecule has 7 heteroatoms. The Hall–Kier alpha value is -1.60. The number of carbonyl (C=O) groups excluding carboxylic acids is 1. The number of carbonyl (C=O) groups is 1. The van der Waals surface area contributed by atoms with E-state index in [1.54, 1.807) is 38.1 Å². The van der Waals surface area contributed by atoms with Gasteiger partial charge in [0.1, 0.15) is 0 Å². The van der Waals surface area contributed by atoms with Gasteiger partial charge in [0.05, 0.1) is 11.5 Å². The molecule has 0 aliphatic rings. The summed E-state index contributed by atoms with van der Waals surface area (Å²) in [4.78, 5) is 11.3. The van der Waals surface area contributed by atoms with E-state index in [-0.39, 0.29) is 4.90 Å². The van der Waals surface area contributed by atoms with Crippen LogP contribution in [0.2, 0.25) is 0 Å². The molecule has 20 heavy (non-hydrogen) atoms. The molecule has 0 fully saturated rings. The minimum atomic E-state index is -3.41. The van der Waals surface area contributed by atoms with E-state index in [1.807, 2.05) is 0 Å². The van der Waals surface area contributed by atoms with Gasteiger partial charge in [-0.1, -0.05) is 19.1 Å². The lowest BCUT2D eigenvalue weighted by Crippen LogP contribution is -2.26. The van der Waals surface area contributed by atoms with Gasteiger partial charge in [0.2, 0.25) is 10.0 Å². The Morgan fingerprint density at radius 1 is 1.20 bits per heavy atom. The molecule has 0 aliphatic carbocycles. The monoisotopic (exact) mass is 300 g/mol. The normalized spacial score (nSPS) is 11.1. The van der Waals surface area contributed by atoms with Crippen molar-refractivity contribution in [3.05, 3.63) is 29.8 Å². The minimum absolute atomic E-state index is 0.237. The Morgan fingerprint density at radius 3 is 2.40 bits per heavy atom. The second kappa shape index (κ2) is 7.86. The number of alkyl carbamates (subject to hydrolysis) is 1. The van der Waals surface area contributed by atoms with Gasteiger partial charge >= 0.3 is 6.09 Å². The Kier molecular flexibility index (Phi) is 6.47. The summed E-state index contributed by atoms with van der Waals surface area (Å²) in [5.41, 5.74) is 0.942. The average Bonchev–Trinajstić information content (AvgIpc) is 2.39. The molecule has 0 saturated carbocycles. The quantitative estimate of drug-likeness (QED) is 0.794. The molecule has 1 aromatic carbocycles. The van der Waals surface area contributed by atoms with Crippen molar-refractivity contribution in [3.8, 4) is 0 Å². The fourth-order valence-electron chi connectivity index (χ4n) is 1.60. The molecule has 0 saturated heterocycles. The number of nitrogens with one attached hydrogen (secondary N) is 2. The van der Waals surface area contributed by atoms with E-state index in [1.165, 1.54) is 0 Å². The first-order valence-electron chi connectivity index (χ1n) is 6.48. The highest BCUT2D eigenvalue weighted by molar-refractivity contribution is 7.89. The maximum absolute atomic E-state index is 11.7. The van der Waals surface area contributed by atoms with Crippen LogP contribution in [0.5, 0.6) is 0 Å². The number of sulfonamides is 1. The van der Waals surface area contributed by atoms with Gasteiger partial charge in [-0.3, -0.25) is 0 Å². The smallest absolute Gasteiger partial charge is 0.407 e. The molecule has 0 bridgehead atoms. The molecule has 0 atom stereocenters. The van der Waals surface area contributed by atoms with Gasteiger partial charge in [-0.2, -0.15) is 0 Å². The van der Waals surface area contributed by atoms with Crippen LogP contribution in [-0.4, -0.2) is 34.2 Å². The third kappa shape index (κ3) is 5.18. The summed E-state index contributed by atoms with van der Waals surface area (Å²) in [7, 11) is -3.41. The molecule has 1 aromatic rings. The fraction of sp³-hybridized carbons (Fsp3) is 0.462. The molecule has 0 heterocycles. The number of hydrogen-bond donors (Lipinski definition) is 2. The summed E-state index contributed by atoms with van der Waals surface area (Å²) in [6.07, 6.45) is 0.166. The predicted molar refractivity (Wildman–Crippen MR) is 76.0 cm³/mol. The molecule has 0 radical (unpaired) electrons. The third-order valence-corrected chi connectivity index (χ3v) is 4.09. The van der Waals surface area contributed by atoms with Gasteiger partial charge in [0.25, 0.3) is 0 Å². The molecule has 2 N–H and O–H groups in total. The van der Waals surface area contributed by atoms with Gasteiger partial charge in [0.15, 0.2) is 0 Å². The highest BCUT2D eigenvalue weighted by Crippen LogP contribution is 2.10. The Labute approximate surface area is 119 Å². The van der Waals surface area contributed by atoms with Crippen LogP contribution in [0.15, 0.2) is 29.2 Å². The standard InChI is InChI=1S/C13H20N2O4S/c1-3-15-20(17,18)12-7-5-11(6-8-12)9-10-14-13(16)19-4-2/h5-8,15H,3-4,9-10H2,1-2H3,(H,14,16). The van der Waals surface area contributed by atoms with Crippen molar-refractivity contribution in [2.24, 2.45) is 0 Å². The average molecular weight is 300 g/mol. The van der Waals surface area contributed by atoms with Gasteiger partial charge in [-0.15, -0.1) is 0 Å². The first-order chi connectivity index (χ1) is 9.49. The Bertz CT molecular complexity index is 526. The van der Waals surface area contributed by atoms with Gasteiger partial charge in [-0.05, 0) is 31.0 Å². The van der Waals surface area contributed by atoms with Crippen LogP contribution < -0.4 is 10.0 Å². The van der Waals surface area contributed by atoms with Crippen molar-refractivity contribution in [1.29, 1.82) is 0 Å². The third-order valence-electron chi connectivity index (χ3n) is 2.53. The van der Waals surface area contributed by atoms with E-state index >= 15 is 0 Å². The Morgan fingerprint density at radius 2 is 1.85 bits per heavy atom. The van der Waals surface area contributed by atoms with E-state index in [0.717, 1.165) is 5.56 Å². The molecule has 6 nitrogen and oxygen atoms in total. The first-order valence-corrected chi connectivity index (χ1v) is 7.97. The summed E-state index contributed by atoms with van der Waals surface area (Å²) in [6, 6.07) is 6.57. The van der Waals surface area contributed by atoms with Crippen LogP contribution in [0.25, 0.3) is 0 Å². The van der Waals surface area contributed by atoms with E-state index in [9.17, 15) is 13.2 Å². The second-order valence-electron chi connectivity index (χ2n) is 4.04. The molecule has 1 amide bonds. The lowest BCUT2D eigenvalue weighted by molar-refractivity contribution is 0.152. The van der Waals surface area contributed by atoms with Crippen LogP contribution in [0.4, 0.5) is 4.79 Å². The number of rotatable bonds is 7. The molecule has 112 valence electrons. The van der Waals surface area contributed by atoms with Crippen LogP contribution in [-0.2, 0) is 21.2 Å². The molecule has 1 rings (SSSR count). The summed E-state index contributed by atoms with van der Waals surface area (Å²) in [5, 5.41) is 2.61. The fourth-order valence-corrected chi connectivity index (χ4v) is 2.64. The lowest BCUT2D eigenvalue weighted by Gasteiger charge is -2.07. The zero-order valence-electron chi connectivity index (χ0n) is 11.7. The number of hydrogen-bond acceptors (Lipinski definition) is 4. The van der Waals surface area contributed by atoms with Gasteiger partial charge in [-0.25, -0.2) is 17.9 Å². The minimum Gasteiger partial charge on any atom is -0.450 e. The van der Waals surface area contributed by atoms with Crippen molar-refractivity contribution >= 4 is 16.1 Å². The van der Waals surface area contributed by atoms with Gasteiger partial charge < -0.3 is 10.1 Å². The van der Waals surface area contributed by atoms with Gasteiger partial charge in [0, 0.05) is 13.1 Å². The second-order valence-corrected chi connectivity index (χ2v) is 5.81. The largest absolute Gasteiger partial charge is 0.450 e. The summed E-state index contributed by atoms with van der Waals surface area (Å²) in [6.45, 7) is 4.60. The zero-order valence-corrected chi connectivity index (χ0v) is 12.5. The lowest BCUT2D eigenvalue weighted by atomic mass is 10.1. The first kappa shape index (κ1) is 16.5. The van der Waals surface area contributed by atoms with Crippen LogP contribution >= 0.6 is 0 Å². The summed E-state index contributed by atoms with van der Waals surface area (Å²) in [5.74, 6) is 0. The van der Waals surface area contributed by atoms with E-state index in [2.05, 4.69) is 10.0 Å². The van der Waals surface area contributed by atoms with Crippen LogP contribution in [0.1, 0.15) is 19.4 Å².